The number of ether oxygens (including phenoxy) is 1. The van der Waals surface area contributed by atoms with E-state index in [4.69, 9.17) is 4.74 Å². The predicted octanol–water partition coefficient (Wildman–Crippen LogP) is 3.50. The third-order valence-electron chi connectivity index (χ3n) is 5.42. The van der Waals surface area contributed by atoms with Gasteiger partial charge in [-0.3, -0.25) is 4.79 Å². The van der Waals surface area contributed by atoms with Gasteiger partial charge in [-0.1, -0.05) is 24.3 Å². The summed E-state index contributed by atoms with van der Waals surface area (Å²) in [5, 5.41) is 2.74. The first-order valence-corrected chi connectivity index (χ1v) is 11.4. The number of sulfonamides is 1. The second kappa shape index (κ2) is 8.26. The second-order valence-electron chi connectivity index (χ2n) is 7.82. The molecule has 29 heavy (non-hydrogen) atoms. The van der Waals surface area contributed by atoms with Crippen molar-refractivity contribution in [3.8, 4) is 11.1 Å². The van der Waals surface area contributed by atoms with Crippen LogP contribution in [0.1, 0.15) is 26.2 Å². The van der Waals surface area contributed by atoms with E-state index in [1.165, 1.54) is 6.92 Å². The standard InChI is InChI=1S/C22H26N2O4S/c1-16(25)23-20-6-2-18(3-7-20)19-4-10-22(11-5-19)29(26,27)24(21-8-9-21)14-17-12-13-28-15-17/h2-7,10-11,17,21H,8-9,12-15H2,1H3,(H,23,25). The number of carbonyl (C=O) groups is 1. The Kier molecular flexibility index (Phi) is 5.72. The Bertz CT molecular complexity index is 961. The van der Waals surface area contributed by atoms with Gasteiger partial charge in [-0.25, -0.2) is 8.42 Å². The molecule has 1 aliphatic heterocycles. The fraction of sp³-hybridized carbons (Fsp3) is 0.409. The Hall–Kier alpha value is -2.22. The second-order valence-corrected chi connectivity index (χ2v) is 9.71. The van der Waals surface area contributed by atoms with Crippen LogP contribution < -0.4 is 5.32 Å². The molecular weight excluding hydrogens is 388 g/mol. The zero-order valence-electron chi connectivity index (χ0n) is 16.5. The van der Waals surface area contributed by atoms with Gasteiger partial charge in [-0.2, -0.15) is 4.31 Å². The summed E-state index contributed by atoms with van der Waals surface area (Å²) >= 11 is 0. The molecule has 1 saturated carbocycles. The van der Waals surface area contributed by atoms with Gasteiger partial charge in [0.2, 0.25) is 15.9 Å². The quantitative estimate of drug-likeness (QED) is 0.752. The molecule has 0 spiro atoms. The Labute approximate surface area is 171 Å². The minimum absolute atomic E-state index is 0.114. The van der Waals surface area contributed by atoms with Crippen LogP contribution in [-0.2, 0) is 19.6 Å². The lowest BCUT2D eigenvalue weighted by Crippen LogP contribution is -2.37. The SMILES string of the molecule is CC(=O)Nc1ccc(-c2ccc(S(=O)(=O)N(CC3CCOC3)C3CC3)cc2)cc1. The van der Waals surface area contributed by atoms with Crippen molar-refractivity contribution < 1.29 is 17.9 Å². The van der Waals surface area contributed by atoms with Crippen molar-refractivity contribution in [2.24, 2.45) is 5.92 Å². The van der Waals surface area contributed by atoms with Crippen molar-refractivity contribution in [2.75, 3.05) is 25.1 Å². The van der Waals surface area contributed by atoms with Gasteiger partial charge < -0.3 is 10.1 Å². The first kappa shape index (κ1) is 20.1. The first-order valence-electron chi connectivity index (χ1n) is 10.0. The molecule has 154 valence electrons. The maximum Gasteiger partial charge on any atom is 0.243 e. The molecule has 1 heterocycles. The van der Waals surface area contributed by atoms with Crippen molar-refractivity contribution in [1.82, 2.24) is 4.31 Å². The molecule has 1 N–H and O–H groups in total. The molecule has 1 unspecified atom stereocenters. The third-order valence-corrected chi connectivity index (χ3v) is 7.35. The molecule has 1 amide bonds. The van der Waals surface area contributed by atoms with Crippen molar-refractivity contribution in [2.45, 2.75) is 37.1 Å². The van der Waals surface area contributed by atoms with Crippen LogP contribution in [0, 0.1) is 5.92 Å². The Morgan fingerprint density at radius 2 is 1.66 bits per heavy atom. The Morgan fingerprint density at radius 3 is 2.17 bits per heavy atom. The molecule has 2 fully saturated rings. The summed E-state index contributed by atoms with van der Waals surface area (Å²) in [4.78, 5) is 11.5. The lowest BCUT2D eigenvalue weighted by Gasteiger charge is -2.24. The molecule has 0 aromatic heterocycles. The molecule has 1 atom stereocenters. The van der Waals surface area contributed by atoms with Gasteiger partial charge in [0.05, 0.1) is 11.5 Å². The molecule has 2 aromatic rings. The minimum atomic E-state index is -3.51. The fourth-order valence-corrected chi connectivity index (χ4v) is 5.45. The highest BCUT2D eigenvalue weighted by Crippen LogP contribution is 2.34. The molecule has 0 radical (unpaired) electrons. The summed E-state index contributed by atoms with van der Waals surface area (Å²) in [7, 11) is -3.51. The lowest BCUT2D eigenvalue weighted by molar-refractivity contribution is -0.114. The maximum atomic E-state index is 13.2. The maximum absolute atomic E-state index is 13.2. The average molecular weight is 415 g/mol. The highest BCUT2D eigenvalue weighted by atomic mass is 32.2. The van der Waals surface area contributed by atoms with Gasteiger partial charge in [0.25, 0.3) is 0 Å². The van der Waals surface area contributed by atoms with Crippen LogP contribution >= 0.6 is 0 Å². The highest BCUT2D eigenvalue weighted by Gasteiger charge is 2.39. The zero-order valence-corrected chi connectivity index (χ0v) is 17.3. The molecule has 1 aliphatic carbocycles. The van der Waals surface area contributed by atoms with E-state index in [1.807, 2.05) is 36.4 Å². The van der Waals surface area contributed by atoms with E-state index in [2.05, 4.69) is 5.32 Å². The summed E-state index contributed by atoms with van der Waals surface area (Å²) in [5.74, 6) is 0.170. The van der Waals surface area contributed by atoms with E-state index in [0.717, 1.165) is 42.7 Å². The van der Waals surface area contributed by atoms with Gasteiger partial charge in [-0.05, 0) is 60.6 Å². The van der Waals surface area contributed by atoms with E-state index in [1.54, 1.807) is 16.4 Å². The average Bonchev–Trinajstić information content (AvgIpc) is 3.41. The minimum Gasteiger partial charge on any atom is -0.381 e. The normalized spacial score (nSPS) is 19.4. The third kappa shape index (κ3) is 4.69. The molecule has 2 aliphatic rings. The van der Waals surface area contributed by atoms with Crippen LogP contribution in [0.5, 0.6) is 0 Å². The van der Waals surface area contributed by atoms with Crippen LogP contribution in [0.2, 0.25) is 0 Å². The van der Waals surface area contributed by atoms with Gasteiger partial charge in [0.15, 0.2) is 0 Å². The number of hydrogen-bond donors (Lipinski definition) is 1. The van der Waals surface area contributed by atoms with Crippen molar-refractivity contribution in [1.29, 1.82) is 0 Å². The van der Waals surface area contributed by atoms with Gasteiger partial charge in [-0.15, -0.1) is 0 Å². The Balaban J connectivity index is 1.52. The summed E-state index contributed by atoms with van der Waals surface area (Å²) in [5.41, 5.74) is 2.63. The largest absolute Gasteiger partial charge is 0.381 e. The number of hydrogen-bond acceptors (Lipinski definition) is 4. The van der Waals surface area contributed by atoms with Crippen LogP contribution in [-0.4, -0.2) is 44.4 Å². The predicted molar refractivity (Wildman–Crippen MR) is 112 cm³/mol. The van der Waals surface area contributed by atoms with Crippen LogP contribution in [0.4, 0.5) is 5.69 Å². The summed E-state index contributed by atoms with van der Waals surface area (Å²) in [6.45, 7) is 3.38. The van der Waals surface area contributed by atoms with Crippen LogP contribution in [0.15, 0.2) is 53.4 Å². The first-order chi connectivity index (χ1) is 13.9. The number of anilines is 1. The van der Waals surface area contributed by atoms with Crippen molar-refractivity contribution in [3.63, 3.8) is 0 Å². The number of nitrogens with one attached hydrogen (secondary N) is 1. The molecule has 7 heteroatoms. The van der Waals surface area contributed by atoms with Crippen LogP contribution in [0.3, 0.4) is 0 Å². The van der Waals surface area contributed by atoms with E-state index in [0.29, 0.717) is 18.0 Å². The van der Waals surface area contributed by atoms with Gasteiger partial charge in [0, 0.05) is 31.8 Å². The number of amides is 1. The van der Waals surface area contributed by atoms with E-state index in [-0.39, 0.29) is 17.9 Å². The summed E-state index contributed by atoms with van der Waals surface area (Å²) in [6, 6.07) is 14.7. The Morgan fingerprint density at radius 1 is 1.03 bits per heavy atom. The summed E-state index contributed by atoms with van der Waals surface area (Å²) in [6.07, 6.45) is 2.79. The van der Waals surface area contributed by atoms with E-state index >= 15 is 0 Å². The van der Waals surface area contributed by atoms with Gasteiger partial charge in [0.1, 0.15) is 0 Å². The topological polar surface area (TPSA) is 75.7 Å². The highest BCUT2D eigenvalue weighted by molar-refractivity contribution is 7.89. The van der Waals surface area contributed by atoms with E-state index < -0.39 is 10.0 Å². The fourth-order valence-electron chi connectivity index (χ4n) is 3.69. The lowest BCUT2D eigenvalue weighted by atomic mass is 10.1. The number of rotatable bonds is 7. The molecular formula is C22H26N2O4S. The molecule has 0 bridgehead atoms. The molecule has 2 aromatic carbocycles. The summed E-state index contributed by atoms with van der Waals surface area (Å²) < 4.78 is 33.6. The van der Waals surface area contributed by atoms with Gasteiger partial charge >= 0.3 is 0 Å². The van der Waals surface area contributed by atoms with E-state index in [9.17, 15) is 13.2 Å². The molecule has 4 rings (SSSR count). The number of carbonyl (C=O) groups excluding carboxylic acids is 1. The monoisotopic (exact) mass is 414 g/mol. The van der Waals surface area contributed by atoms with Crippen molar-refractivity contribution >= 4 is 21.6 Å². The zero-order chi connectivity index (χ0) is 20.4. The molecule has 6 nitrogen and oxygen atoms in total. The van der Waals surface area contributed by atoms with Crippen LogP contribution in [0.25, 0.3) is 11.1 Å². The number of nitrogens with zero attached hydrogens (tertiary/aromatic N) is 1. The molecule has 1 saturated heterocycles. The van der Waals surface area contributed by atoms with Crippen molar-refractivity contribution in [3.05, 3.63) is 48.5 Å². The number of benzene rings is 2. The smallest absolute Gasteiger partial charge is 0.243 e.